The standard InChI is InChI=1S/C25H22N4O5/c1-3-12-29(14-23(30)31)24(32)21-13-22(27-28(21)2)26-25(33)34-15-20-18-10-6-4-8-16(18)17-9-5-7-11-19(17)20/h1,4-11,13,20H,12,14-15H2,2H3,(H,30,31)(H,26,27,33). The number of aliphatic carboxylic acids is 1. The van der Waals surface area contributed by atoms with E-state index in [-0.39, 0.29) is 30.6 Å². The number of rotatable bonds is 7. The van der Waals surface area contributed by atoms with Crippen LogP contribution in [0.1, 0.15) is 27.5 Å². The van der Waals surface area contributed by atoms with E-state index in [1.807, 2.05) is 36.4 Å². The zero-order valence-electron chi connectivity index (χ0n) is 18.4. The number of nitrogens with zero attached hydrogens (tertiary/aromatic N) is 3. The summed E-state index contributed by atoms with van der Waals surface area (Å²) in [6.07, 6.45) is 4.52. The van der Waals surface area contributed by atoms with E-state index in [2.05, 4.69) is 28.5 Å². The van der Waals surface area contributed by atoms with Crippen LogP contribution in [0.4, 0.5) is 10.6 Å². The van der Waals surface area contributed by atoms with E-state index in [1.54, 1.807) is 0 Å². The van der Waals surface area contributed by atoms with Gasteiger partial charge in [-0.15, -0.1) is 6.42 Å². The number of carboxylic acid groups (broad SMARTS) is 1. The van der Waals surface area contributed by atoms with Gasteiger partial charge in [0.05, 0.1) is 6.54 Å². The zero-order chi connectivity index (χ0) is 24.2. The highest BCUT2D eigenvalue weighted by atomic mass is 16.5. The molecule has 1 aliphatic carbocycles. The van der Waals surface area contributed by atoms with Gasteiger partial charge in [0.25, 0.3) is 5.91 Å². The highest BCUT2D eigenvalue weighted by molar-refractivity contribution is 5.96. The van der Waals surface area contributed by atoms with E-state index in [0.29, 0.717) is 0 Å². The molecular weight excluding hydrogens is 436 g/mol. The first kappa shape index (κ1) is 22.6. The number of amides is 2. The largest absolute Gasteiger partial charge is 0.480 e. The number of ether oxygens (including phenoxy) is 1. The van der Waals surface area contributed by atoms with Crippen LogP contribution in [-0.2, 0) is 16.6 Å². The van der Waals surface area contributed by atoms with E-state index in [1.165, 1.54) is 17.8 Å². The van der Waals surface area contributed by atoms with Gasteiger partial charge in [0, 0.05) is 19.0 Å². The molecule has 4 rings (SSSR count). The van der Waals surface area contributed by atoms with Crippen molar-refractivity contribution in [1.29, 1.82) is 0 Å². The maximum absolute atomic E-state index is 12.7. The van der Waals surface area contributed by atoms with Gasteiger partial charge >= 0.3 is 12.1 Å². The van der Waals surface area contributed by atoms with Gasteiger partial charge in [-0.1, -0.05) is 54.5 Å². The van der Waals surface area contributed by atoms with E-state index >= 15 is 0 Å². The molecule has 0 saturated carbocycles. The van der Waals surface area contributed by atoms with Crippen molar-refractivity contribution < 1.29 is 24.2 Å². The van der Waals surface area contributed by atoms with Gasteiger partial charge in [0.1, 0.15) is 18.8 Å². The number of hydrogen-bond donors (Lipinski definition) is 2. The van der Waals surface area contributed by atoms with Crippen molar-refractivity contribution in [2.24, 2.45) is 7.05 Å². The van der Waals surface area contributed by atoms with Crippen LogP contribution in [0.15, 0.2) is 54.6 Å². The smallest absolute Gasteiger partial charge is 0.412 e. The van der Waals surface area contributed by atoms with Crippen LogP contribution in [0.5, 0.6) is 0 Å². The van der Waals surface area contributed by atoms with Gasteiger partial charge < -0.3 is 14.7 Å². The van der Waals surface area contributed by atoms with Gasteiger partial charge in [0.2, 0.25) is 0 Å². The Balaban J connectivity index is 1.43. The highest BCUT2D eigenvalue weighted by Gasteiger charge is 2.29. The average molecular weight is 458 g/mol. The normalized spacial score (nSPS) is 11.8. The van der Waals surface area contributed by atoms with Crippen LogP contribution in [-0.4, -0.2) is 57.5 Å². The molecular formula is C25H22N4O5. The number of terminal acetylenes is 1. The van der Waals surface area contributed by atoms with Gasteiger partial charge in [0.15, 0.2) is 5.82 Å². The predicted molar refractivity (Wildman–Crippen MR) is 124 cm³/mol. The average Bonchev–Trinajstić information content (AvgIpc) is 3.34. The molecule has 0 radical (unpaired) electrons. The van der Waals surface area contributed by atoms with Crippen molar-refractivity contribution in [3.8, 4) is 23.5 Å². The molecule has 0 aliphatic heterocycles. The minimum absolute atomic E-state index is 0.0745. The highest BCUT2D eigenvalue weighted by Crippen LogP contribution is 2.44. The first-order valence-electron chi connectivity index (χ1n) is 10.5. The zero-order valence-corrected chi connectivity index (χ0v) is 18.4. The lowest BCUT2D eigenvalue weighted by atomic mass is 9.98. The summed E-state index contributed by atoms with van der Waals surface area (Å²) in [6.45, 7) is -0.595. The molecule has 0 unspecified atom stereocenters. The SMILES string of the molecule is C#CCN(CC(=O)O)C(=O)c1cc(NC(=O)OCC2c3ccccc3-c3ccccc32)nn1C. The second-order valence-corrected chi connectivity index (χ2v) is 7.75. The van der Waals surface area contributed by atoms with Gasteiger partial charge in [-0.05, 0) is 22.3 Å². The number of carboxylic acids is 1. The van der Waals surface area contributed by atoms with Crippen molar-refractivity contribution in [1.82, 2.24) is 14.7 Å². The molecule has 34 heavy (non-hydrogen) atoms. The molecule has 0 spiro atoms. The Hall–Kier alpha value is -4.58. The number of aryl methyl sites for hydroxylation is 1. The Morgan fingerprint density at radius 2 is 1.76 bits per heavy atom. The number of benzene rings is 2. The summed E-state index contributed by atoms with van der Waals surface area (Å²) in [4.78, 5) is 37.2. The molecule has 0 atom stereocenters. The van der Waals surface area contributed by atoms with Gasteiger partial charge in [-0.2, -0.15) is 5.10 Å². The molecule has 172 valence electrons. The Kier molecular flexibility index (Phi) is 6.32. The first-order chi connectivity index (χ1) is 16.4. The fraction of sp³-hybridized carbons (Fsp3) is 0.200. The Morgan fingerprint density at radius 3 is 2.35 bits per heavy atom. The van der Waals surface area contributed by atoms with Gasteiger partial charge in [-0.3, -0.25) is 19.6 Å². The topological polar surface area (TPSA) is 114 Å². The number of carbonyl (C=O) groups is 3. The lowest BCUT2D eigenvalue weighted by Gasteiger charge is -2.17. The molecule has 0 fully saturated rings. The summed E-state index contributed by atoms with van der Waals surface area (Å²) in [5.74, 6) is 0.461. The predicted octanol–water partition coefficient (Wildman–Crippen LogP) is 2.94. The fourth-order valence-electron chi connectivity index (χ4n) is 4.10. The van der Waals surface area contributed by atoms with Crippen molar-refractivity contribution >= 4 is 23.8 Å². The maximum Gasteiger partial charge on any atom is 0.412 e. The first-order valence-corrected chi connectivity index (χ1v) is 10.5. The van der Waals surface area contributed by atoms with E-state index in [0.717, 1.165) is 27.2 Å². The summed E-state index contributed by atoms with van der Waals surface area (Å²) in [5, 5.41) is 15.6. The lowest BCUT2D eigenvalue weighted by Crippen LogP contribution is -2.36. The van der Waals surface area contributed by atoms with Crippen LogP contribution in [0.2, 0.25) is 0 Å². The Labute approximate surface area is 195 Å². The molecule has 1 heterocycles. The summed E-state index contributed by atoms with van der Waals surface area (Å²) in [7, 11) is 1.50. The third-order valence-corrected chi connectivity index (χ3v) is 5.57. The summed E-state index contributed by atoms with van der Waals surface area (Å²) in [5.41, 5.74) is 4.50. The van der Waals surface area contributed by atoms with E-state index in [9.17, 15) is 14.4 Å². The number of aromatic nitrogens is 2. The van der Waals surface area contributed by atoms with Crippen LogP contribution in [0, 0.1) is 12.3 Å². The molecule has 0 saturated heterocycles. The summed E-state index contributed by atoms with van der Waals surface area (Å²) >= 11 is 0. The molecule has 1 aliphatic rings. The number of nitrogens with one attached hydrogen (secondary N) is 1. The van der Waals surface area contributed by atoms with Crippen LogP contribution >= 0.6 is 0 Å². The molecule has 1 aromatic heterocycles. The van der Waals surface area contributed by atoms with Crippen molar-refractivity contribution in [2.75, 3.05) is 25.0 Å². The number of anilines is 1. The quantitative estimate of drug-likeness (QED) is 0.527. The van der Waals surface area contributed by atoms with Crippen LogP contribution < -0.4 is 5.32 Å². The molecule has 3 aromatic rings. The van der Waals surface area contributed by atoms with Crippen molar-refractivity contribution in [2.45, 2.75) is 5.92 Å². The van der Waals surface area contributed by atoms with Gasteiger partial charge in [-0.25, -0.2) is 4.79 Å². The summed E-state index contributed by atoms with van der Waals surface area (Å²) in [6, 6.07) is 17.4. The maximum atomic E-state index is 12.7. The Morgan fingerprint density at radius 1 is 1.15 bits per heavy atom. The minimum Gasteiger partial charge on any atom is -0.480 e. The third-order valence-electron chi connectivity index (χ3n) is 5.57. The molecule has 9 heteroatoms. The second-order valence-electron chi connectivity index (χ2n) is 7.75. The third kappa shape index (κ3) is 4.47. The number of fused-ring (bicyclic) bond motifs is 3. The van der Waals surface area contributed by atoms with Crippen LogP contribution in [0.25, 0.3) is 11.1 Å². The van der Waals surface area contributed by atoms with E-state index < -0.39 is 24.5 Å². The van der Waals surface area contributed by atoms with Crippen molar-refractivity contribution in [3.05, 3.63) is 71.4 Å². The Bertz CT molecular complexity index is 1260. The number of carbonyl (C=O) groups excluding carboxylic acids is 2. The lowest BCUT2D eigenvalue weighted by molar-refractivity contribution is -0.137. The number of hydrogen-bond acceptors (Lipinski definition) is 5. The molecule has 0 bridgehead atoms. The molecule has 9 nitrogen and oxygen atoms in total. The van der Waals surface area contributed by atoms with Crippen LogP contribution in [0.3, 0.4) is 0 Å². The minimum atomic E-state index is -1.19. The monoisotopic (exact) mass is 458 g/mol. The van der Waals surface area contributed by atoms with E-state index in [4.69, 9.17) is 16.3 Å². The summed E-state index contributed by atoms with van der Waals surface area (Å²) < 4.78 is 6.74. The molecule has 2 aromatic carbocycles. The molecule has 2 amide bonds. The van der Waals surface area contributed by atoms with Crippen molar-refractivity contribution in [3.63, 3.8) is 0 Å². The molecule has 2 N–H and O–H groups in total. The second kappa shape index (κ2) is 9.50. The fourth-order valence-corrected chi connectivity index (χ4v) is 4.10.